The minimum Gasteiger partial charge on any atom is -0.449 e. The minimum atomic E-state index is -0.879. The number of ether oxygens (including phenoxy) is 1. The number of esters is 1. The van der Waals surface area contributed by atoms with E-state index in [1.165, 1.54) is 11.3 Å². The van der Waals surface area contributed by atoms with Gasteiger partial charge in [-0.25, -0.2) is 4.79 Å². The van der Waals surface area contributed by atoms with Crippen LogP contribution in [0.25, 0.3) is 0 Å². The van der Waals surface area contributed by atoms with Crippen LogP contribution in [-0.4, -0.2) is 18.0 Å². The number of halogens is 1. The summed E-state index contributed by atoms with van der Waals surface area (Å²) in [5.74, 6) is -0.843. The first-order chi connectivity index (χ1) is 10.8. The van der Waals surface area contributed by atoms with Crippen LogP contribution < -0.4 is 5.32 Å². The SMILES string of the molecule is Cc1ccc(NC(=O)[C@@H](C)OC(=O)c2cc(C)sc2C)c(Br)c1. The monoisotopic (exact) mass is 395 g/mol. The van der Waals surface area contributed by atoms with Gasteiger partial charge in [0.2, 0.25) is 0 Å². The average molecular weight is 396 g/mol. The Bertz CT molecular complexity index is 754. The smallest absolute Gasteiger partial charge is 0.340 e. The molecule has 0 bridgehead atoms. The number of anilines is 1. The van der Waals surface area contributed by atoms with Crippen LogP contribution in [0.15, 0.2) is 28.7 Å². The Morgan fingerprint density at radius 1 is 1.22 bits per heavy atom. The summed E-state index contributed by atoms with van der Waals surface area (Å²) in [6.07, 6.45) is -0.879. The van der Waals surface area contributed by atoms with Crippen LogP contribution in [0.2, 0.25) is 0 Å². The summed E-state index contributed by atoms with van der Waals surface area (Å²) in [6, 6.07) is 7.39. The van der Waals surface area contributed by atoms with Gasteiger partial charge in [0.1, 0.15) is 0 Å². The second kappa shape index (κ2) is 7.27. The van der Waals surface area contributed by atoms with Crippen LogP contribution in [0.4, 0.5) is 5.69 Å². The molecule has 0 aliphatic heterocycles. The lowest BCUT2D eigenvalue weighted by molar-refractivity contribution is -0.123. The number of carbonyl (C=O) groups is 2. The molecule has 0 spiro atoms. The molecule has 0 unspecified atom stereocenters. The van der Waals surface area contributed by atoms with Crippen molar-refractivity contribution >= 4 is 44.8 Å². The number of hydrogen-bond acceptors (Lipinski definition) is 4. The predicted octanol–water partition coefficient (Wildman–Crippen LogP) is 4.62. The van der Waals surface area contributed by atoms with Crippen LogP contribution in [0.1, 0.15) is 32.6 Å². The molecule has 0 aliphatic carbocycles. The van der Waals surface area contributed by atoms with E-state index in [0.29, 0.717) is 11.3 Å². The van der Waals surface area contributed by atoms with Crippen molar-refractivity contribution in [1.82, 2.24) is 0 Å². The zero-order chi connectivity index (χ0) is 17.1. The quantitative estimate of drug-likeness (QED) is 0.768. The maximum Gasteiger partial charge on any atom is 0.340 e. The van der Waals surface area contributed by atoms with Crippen molar-refractivity contribution in [3.63, 3.8) is 0 Å². The molecule has 1 N–H and O–H groups in total. The van der Waals surface area contributed by atoms with Gasteiger partial charge in [0.05, 0.1) is 11.3 Å². The third kappa shape index (κ3) is 4.42. The zero-order valence-corrected chi connectivity index (χ0v) is 15.8. The van der Waals surface area contributed by atoms with E-state index in [9.17, 15) is 9.59 Å². The summed E-state index contributed by atoms with van der Waals surface area (Å²) in [6.45, 7) is 7.32. The Morgan fingerprint density at radius 2 is 1.91 bits per heavy atom. The molecule has 2 rings (SSSR count). The van der Waals surface area contributed by atoms with E-state index in [2.05, 4.69) is 21.2 Å². The highest BCUT2D eigenvalue weighted by atomic mass is 79.9. The normalized spacial score (nSPS) is 11.9. The Kier molecular flexibility index (Phi) is 5.59. The molecule has 1 heterocycles. The first-order valence-electron chi connectivity index (χ1n) is 7.13. The summed E-state index contributed by atoms with van der Waals surface area (Å²) in [5.41, 5.74) is 2.24. The first-order valence-corrected chi connectivity index (χ1v) is 8.74. The molecular weight excluding hydrogens is 378 g/mol. The van der Waals surface area contributed by atoms with Crippen LogP contribution in [-0.2, 0) is 9.53 Å². The van der Waals surface area contributed by atoms with Crippen LogP contribution in [0.5, 0.6) is 0 Å². The van der Waals surface area contributed by atoms with Crippen molar-refractivity contribution in [2.24, 2.45) is 0 Å². The Morgan fingerprint density at radius 3 is 2.48 bits per heavy atom. The van der Waals surface area contributed by atoms with E-state index >= 15 is 0 Å². The number of benzene rings is 1. The van der Waals surface area contributed by atoms with Crippen molar-refractivity contribution in [2.45, 2.75) is 33.8 Å². The summed E-state index contributed by atoms with van der Waals surface area (Å²) >= 11 is 4.93. The zero-order valence-electron chi connectivity index (χ0n) is 13.4. The fourth-order valence-corrected chi connectivity index (χ4v) is 3.57. The van der Waals surface area contributed by atoms with Crippen LogP contribution >= 0.6 is 27.3 Å². The van der Waals surface area contributed by atoms with Crippen molar-refractivity contribution in [2.75, 3.05) is 5.32 Å². The van der Waals surface area contributed by atoms with Crippen LogP contribution in [0.3, 0.4) is 0 Å². The van der Waals surface area contributed by atoms with Gasteiger partial charge in [0, 0.05) is 14.2 Å². The summed E-state index contributed by atoms with van der Waals surface area (Å²) in [4.78, 5) is 26.3. The molecule has 0 saturated heterocycles. The van der Waals surface area contributed by atoms with E-state index < -0.39 is 12.1 Å². The molecule has 0 aliphatic rings. The number of thiophene rings is 1. The Hall–Kier alpha value is -1.66. The van der Waals surface area contributed by atoms with Crippen molar-refractivity contribution < 1.29 is 14.3 Å². The molecule has 122 valence electrons. The van der Waals surface area contributed by atoms with Gasteiger partial charge < -0.3 is 10.1 Å². The third-order valence-electron chi connectivity index (χ3n) is 3.30. The lowest BCUT2D eigenvalue weighted by atomic mass is 10.2. The topological polar surface area (TPSA) is 55.4 Å². The molecule has 0 radical (unpaired) electrons. The molecule has 1 aromatic heterocycles. The predicted molar refractivity (Wildman–Crippen MR) is 96.2 cm³/mol. The van der Waals surface area contributed by atoms with Gasteiger partial charge in [-0.15, -0.1) is 11.3 Å². The van der Waals surface area contributed by atoms with Gasteiger partial charge in [-0.3, -0.25) is 4.79 Å². The van der Waals surface area contributed by atoms with E-state index in [4.69, 9.17) is 4.74 Å². The third-order valence-corrected chi connectivity index (χ3v) is 4.92. The standard InChI is InChI=1S/C17H18BrNO3S/c1-9-5-6-15(14(18)7-9)19-16(20)11(3)22-17(21)13-8-10(2)23-12(13)4/h5-8,11H,1-4H3,(H,19,20)/t11-/m1/s1. The van der Waals surface area contributed by atoms with Gasteiger partial charge in [0.15, 0.2) is 6.10 Å². The van der Waals surface area contributed by atoms with Crippen molar-refractivity contribution in [3.05, 3.63) is 49.6 Å². The molecule has 0 saturated carbocycles. The molecule has 0 fully saturated rings. The molecule has 6 heteroatoms. The molecule has 23 heavy (non-hydrogen) atoms. The average Bonchev–Trinajstić information content (AvgIpc) is 2.80. The number of nitrogens with one attached hydrogen (secondary N) is 1. The summed E-state index contributed by atoms with van der Waals surface area (Å²) in [7, 11) is 0. The van der Waals surface area contributed by atoms with Crippen molar-refractivity contribution in [3.8, 4) is 0 Å². The molecule has 1 amide bonds. The van der Waals surface area contributed by atoms with Gasteiger partial charge in [-0.2, -0.15) is 0 Å². The van der Waals surface area contributed by atoms with Gasteiger partial charge in [0.25, 0.3) is 5.91 Å². The second-order valence-corrected chi connectivity index (χ2v) is 7.66. The number of carbonyl (C=O) groups excluding carboxylic acids is 2. The van der Waals surface area contributed by atoms with Gasteiger partial charge in [-0.1, -0.05) is 6.07 Å². The van der Waals surface area contributed by atoms with Gasteiger partial charge >= 0.3 is 5.97 Å². The minimum absolute atomic E-state index is 0.368. The van der Waals surface area contributed by atoms with E-state index in [1.54, 1.807) is 19.1 Å². The fourth-order valence-electron chi connectivity index (χ4n) is 2.07. The first kappa shape index (κ1) is 17.7. The number of rotatable bonds is 4. The lowest BCUT2D eigenvalue weighted by Crippen LogP contribution is -2.30. The number of amides is 1. The van der Waals surface area contributed by atoms with Gasteiger partial charge in [-0.05, 0) is 67.4 Å². The maximum absolute atomic E-state index is 12.2. The summed E-state index contributed by atoms with van der Waals surface area (Å²) in [5, 5.41) is 2.75. The van der Waals surface area contributed by atoms with E-state index in [-0.39, 0.29) is 5.91 Å². The number of hydrogen-bond donors (Lipinski definition) is 1. The maximum atomic E-state index is 12.2. The Labute approximate surface area is 148 Å². The largest absolute Gasteiger partial charge is 0.449 e. The molecule has 4 nitrogen and oxygen atoms in total. The fraction of sp³-hybridized carbons (Fsp3) is 0.294. The van der Waals surface area contributed by atoms with E-state index in [1.807, 2.05) is 32.9 Å². The number of aryl methyl sites for hydroxylation is 3. The van der Waals surface area contributed by atoms with Crippen LogP contribution in [0, 0.1) is 20.8 Å². The molecule has 1 atom stereocenters. The highest BCUT2D eigenvalue weighted by Crippen LogP contribution is 2.24. The molecule has 2 aromatic rings. The highest BCUT2D eigenvalue weighted by Gasteiger charge is 2.21. The molecular formula is C17H18BrNO3S. The Balaban J connectivity index is 2.02. The summed E-state index contributed by atoms with van der Waals surface area (Å²) < 4.78 is 6.05. The second-order valence-electron chi connectivity index (χ2n) is 5.35. The lowest BCUT2D eigenvalue weighted by Gasteiger charge is -2.14. The van der Waals surface area contributed by atoms with E-state index in [0.717, 1.165) is 19.8 Å². The van der Waals surface area contributed by atoms with Crippen molar-refractivity contribution in [1.29, 1.82) is 0 Å². The molecule has 1 aromatic carbocycles. The highest BCUT2D eigenvalue weighted by molar-refractivity contribution is 9.10.